The Morgan fingerprint density at radius 3 is 2.30 bits per heavy atom. The van der Waals surface area contributed by atoms with Gasteiger partial charge in [0, 0.05) is 24.0 Å². The van der Waals surface area contributed by atoms with E-state index in [1.807, 2.05) is 42.5 Å². The van der Waals surface area contributed by atoms with E-state index in [2.05, 4.69) is 26.1 Å². The molecule has 0 atom stereocenters. The first-order valence-electron chi connectivity index (χ1n) is 9.28. The highest BCUT2D eigenvalue weighted by Gasteiger charge is 2.18. The number of benzene rings is 3. The lowest BCUT2D eigenvalue weighted by Gasteiger charge is -2.09. The fourth-order valence-corrected chi connectivity index (χ4v) is 3.20. The molecule has 3 aromatic carbocycles. The maximum atomic E-state index is 12.4. The Kier molecular flexibility index (Phi) is 5.04. The van der Waals surface area contributed by atoms with Crippen LogP contribution in [-0.4, -0.2) is 29.2 Å². The van der Waals surface area contributed by atoms with Crippen LogP contribution in [0.1, 0.15) is 10.4 Å². The molecule has 8 heteroatoms. The summed E-state index contributed by atoms with van der Waals surface area (Å²) in [4.78, 5) is 24.4. The zero-order chi connectivity index (χ0) is 21.1. The van der Waals surface area contributed by atoms with E-state index in [4.69, 9.17) is 5.73 Å². The molecular formula is C22H20N6O2. The summed E-state index contributed by atoms with van der Waals surface area (Å²) in [6.07, 6.45) is 0. The summed E-state index contributed by atoms with van der Waals surface area (Å²) in [5.74, 6) is -0.200. The van der Waals surface area contributed by atoms with Crippen molar-refractivity contribution >= 4 is 39.9 Å². The number of H-pyrrole nitrogens is 1. The zero-order valence-electron chi connectivity index (χ0n) is 16.2. The summed E-state index contributed by atoms with van der Waals surface area (Å²) in [5.41, 5.74) is 8.61. The molecule has 0 fully saturated rings. The minimum atomic E-state index is -0.352. The first-order valence-corrected chi connectivity index (χ1v) is 9.28. The molecular weight excluding hydrogens is 380 g/mol. The van der Waals surface area contributed by atoms with Crippen molar-refractivity contribution in [1.29, 1.82) is 0 Å². The second-order valence-electron chi connectivity index (χ2n) is 6.66. The largest absolute Gasteiger partial charge is 0.382 e. The number of carbonyl (C=O) groups is 2. The van der Waals surface area contributed by atoms with Crippen LogP contribution in [0, 0.1) is 0 Å². The minimum Gasteiger partial charge on any atom is -0.382 e. The maximum absolute atomic E-state index is 12.4. The molecule has 30 heavy (non-hydrogen) atoms. The van der Waals surface area contributed by atoms with Crippen molar-refractivity contribution in [3.63, 3.8) is 0 Å². The third-order valence-electron chi connectivity index (χ3n) is 4.69. The number of fused-ring (bicyclic) bond motifs is 1. The maximum Gasteiger partial charge on any atom is 0.323 e. The summed E-state index contributed by atoms with van der Waals surface area (Å²) in [7, 11) is 1.53. The number of aromatic amines is 1. The van der Waals surface area contributed by atoms with E-state index in [9.17, 15) is 9.59 Å². The van der Waals surface area contributed by atoms with Gasteiger partial charge in [-0.25, -0.2) is 4.79 Å². The van der Waals surface area contributed by atoms with Crippen molar-refractivity contribution in [2.75, 3.05) is 23.4 Å². The van der Waals surface area contributed by atoms with E-state index in [1.54, 1.807) is 24.3 Å². The van der Waals surface area contributed by atoms with Crippen LogP contribution in [0.25, 0.3) is 22.0 Å². The second kappa shape index (κ2) is 7.96. The number of urea groups is 1. The van der Waals surface area contributed by atoms with Crippen LogP contribution in [0.2, 0.25) is 0 Å². The summed E-state index contributed by atoms with van der Waals surface area (Å²) in [6, 6.07) is 20.3. The van der Waals surface area contributed by atoms with Crippen LogP contribution >= 0.6 is 0 Å². The van der Waals surface area contributed by atoms with Gasteiger partial charge in [0.15, 0.2) is 5.82 Å². The van der Waals surface area contributed by atoms with Gasteiger partial charge in [-0.2, -0.15) is 5.10 Å². The van der Waals surface area contributed by atoms with Gasteiger partial charge in [0.05, 0.1) is 5.69 Å². The molecule has 0 aliphatic carbocycles. The van der Waals surface area contributed by atoms with Crippen LogP contribution in [0.5, 0.6) is 0 Å². The Hall–Kier alpha value is -4.33. The van der Waals surface area contributed by atoms with Gasteiger partial charge in [-0.05, 0) is 35.0 Å². The number of nitrogens with two attached hydrogens (primary N) is 1. The summed E-state index contributed by atoms with van der Waals surface area (Å²) in [6.45, 7) is 0. The minimum absolute atomic E-state index is 0.126. The van der Waals surface area contributed by atoms with Gasteiger partial charge < -0.3 is 21.7 Å². The number of nitrogens with one attached hydrogen (secondary N) is 4. The van der Waals surface area contributed by atoms with Crippen molar-refractivity contribution < 1.29 is 9.59 Å². The van der Waals surface area contributed by atoms with E-state index in [0.717, 1.165) is 16.3 Å². The molecule has 0 radical (unpaired) electrons. The number of nitrogen functional groups attached to an aromatic ring is 1. The third kappa shape index (κ3) is 3.79. The molecule has 0 bridgehead atoms. The highest BCUT2D eigenvalue weighted by Crippen LogP contribution is 2.26. The van der Waals surface area contributed by atoms with Crippen LogP contribution < -0.4 is 21.7 Å². The molecule has 3 amide bonds. The van der Waals surface area contributed by atoms with Crippen molar-refractivity contribution in [1.82, 2.24) is 15.5 Å². The molecule has 6 N–H and O–H groups in total. The predicted octanol–water partition coefficient (Wildman–Crippen LogP) is 3.82. The van der Waals surface area contributed by atoms with Gasteiger partial charge in [0.25, 0.3) is 5.91 Å². The van der Waals surface area contributed by atoms with Gasteiger partial charge in [-0.15, -0.1) is 0 Å². The van der Waals surface area contributed by atoms with E-state index in [1.165, 1.54) is 7.05 Å². The van der Waals surface area contributed by atoms with Crippen LogP contribution in [-0.2, 0) is 0 Å². The van der Waals surface area contributed by atoms with Crippen molar-refractivity contribution in [2.45, 2.75) is 0 Å². The lowest BCUT2D eigenvalue weighted by molar-refractivity contribution is 0.0964. The average molecular weight is 400 g/mol. The third-order valence-corrected chi connectivity index (χ3v) is 4.69. The monoisotopic (exact) mass is 400 g/mol. The number of nitrogens with zero attached hydrogens (tertiary/aromatic N) is 1. The number of anilines is 3. The number of amides is 3. The topological polar surface area (TPSA) is 125 Å². The zero-order valence-corrected chi connectivity index (χ0v) is 16.2. The first-order chi connectivity index (χ1) is 14.5. The Balaban J connectivity index is 1.47. The van der Waals surface area contributed by atoms with E-state index >= 15 is 0 Å². The summed E-state index contributed by atoms with van der Waals surface area (Å²) in [5, 5.41) is 17.0. The lowest BCUT2D eigenvalue weighted by atomic mass is 10.1. The number of rotatable bonds is 4. The number of hydrogen-bond acceptors (Lipinski definition) is 4. The van der Waals surface area contributed by atoms with Crippen LogP contribution in [0.3, 0.4) is 0 Å². The molecule has 0 saturated carbocycles. The molecule has 0 unspecified atom stereocenters. The standard InChI is InChI=1S/C22H20N6O2/c1-24-21(29)18-19(27-28-20(18)23)14-7-9-16(10-8-14)25-22(30)26-17-11-6-13-4-2-3-5-15(13)12-17/h2-12H,1H3,(H,24,29)(H3,23,27,28)(H2,25,26,30). The van der Waals surface area contributed by atoms with Gasteiger partial charge in [-0.1, -0.05) is 42.5 Å². The highest BCUT2D eigenvalue weighted by molar-refractivity contribution is 6.04. The molecule has 8 nitrogen and oxygen atoms in total. The average Bonchev–Trinajstić information content (AvgIpc) is 3.15. The van der Waals surface area contributed by atoms with Crippen molar-refractivity contribution in [3.05, 3.63) is 72.3 Å². The number of carbonyl (C=O) groups excluding carboxylic acids is 2. The van der Waals surface area contributed by atoms with Crippen LogP contribution in [0.4, 0.5) is 22.0 Å². The molecule has 4 aromatic rings. The molecule has 0 aliphatic rings. The Morgan fingerprint density at radius 1 is 0.900 bits per heavy atom. The smallest absolute Gasteiger partial charge is 0.323 e. The van der Waals surface area contributed by atoms with Crippen molar-refractivity contribution in [3.8, 4) is 11.3 Å². The number of aromatic nitrogens is 2. The molecule has 4 rings (SSSR count). The molecule has 1 aromatic heterocycles. The lowest BCUT2D eigenvalue weighted by Crippen LogP contribution is -2.19. The molecule has 0 saturated heterocycles. The molecule has 1 heterocycles. The number of hydrogen-bond donors (Lipinski definition) is 5. The highest BCUT2D eigenvalue weighted by atomic mass is 16.2. The van der Waals surface area contributed by atoms with Crippen LogP contribution in [0.15, 0.2) is 66.7 Å². The quantitative estimate of drug-likeness (QED) is 0.357. The summed E-state index contributed by atoms with van der Waals surface area (Å²) < 4.78 is 0. The van der Waals surface area contributed by atoms with E-state index in [-0.39, 0.29) is 23.3 Å². The Morgan fingerprint density at radius 2 is 1.57 bits per heavy atom. The van der Waals surface area contributed by atoms with Gasteiger partial charge in [0.1, 0.15) is 5.56 Å². The Labute approximate surface area is 172 Å². The van der Waals surface area contributed by atoms with Crippen molar-refractivity contribution in [2.24, 2.45) is 0 Å². The van der Waals surface area contributed by atoms with Gasteiger partial charge in [-0.3, -0.25) is 9.89 Å². The summed E-state index contributed by atoms with van der Waals surface area (Å²) >= 11 is 0. The van der Waals surface area contributed by atoms with Gasteiger partial charge >= 0.3 is 6.03 Å². The molecule has 150 valence electrons. The van der Waals surface area contributed by atoms with Gasteiger partial charge in [0.2, 0.25) is 0 Å². The Bertz CT molecular complexity index is 1230. The second-order valence-corrected chi connectivity index (χ2v) is 6.66. The normalized spacial score (nSPS) is 10.6. The fourth-order valence-electron chi connectivity index (χ4n) is 3.20. The molecule has 0 aliphatic heterocycles. The first kappa shape index (κ1) is 19.0. The SMILES string of the molecule is CNC(=O)c1c(N)n[nH]c1-c1ccc(NC(=O)Nc2ccc3ccccc3c2)cc1. The van der Waals surface area contributed by atoms with E-state index in [0.29, 0.717) is 17.1 Å². The van der Waals surface area contributed by atoms with E-state index < -0.39 is 0 Å². The fraction of sp³-hybridized carbons (Fsp3) is 0.0455. The predicted molar refractivity (Wildman–Crippen MR) is 118 cm³/mol. The molecule has 0 spiro atoms.